The fourth-order valence-corrected chi connectivity index (χ4v) is 4.96. The number of benzene rings is 1. The normalized spacial score (nSPS) is 23.2. The molecule has 6 heteroatoms. The van der Waals surface area contributed by atoms with Crippen LogP contribution in [0.3, 0.4) is 0 Å². The lowest BCUT2D eigenvalue weighted by atomic mass is 9.94. The minimum absolute atomic E-state index is 0.331. The predicted octanol–water partition coefficient (Wildman–Crippen LogP) is 2.91. The van der Waals surface area contributed by atoms with Gasteiger partial charge in [-0.3, -0.25) is 0 Å². The predicted molar refractivity (Wildman–Crippen MR) is 78.2 cm³/mol. The van der Waals surface area contributed by atoms with Gasteiger partial charge in [-0.25, -0.2) is 8.42 Å². The zero-order valence-electron chi connectivity index (χ0n) is 11.0. The van der Waals surface area contributed by atoms with E-state index in [1.807, 2.05) is 0 Å². The van der Waals surface area contributed by atoms with E-state index in [-0.39, 0.29) is 5.25 Å². The van der Waals surface area contributed by atoms with E-state index in [0.29, 0.717) is 43.8 Å². The Hall–Kier alpha value is -0.430. The van der Waals surface area contributed by atoms with E-state index >= 15 is 0 Å². The molecule has 0 amide bonds. The molecule has 20 heavy (non-hydrogen) atoms. The van der Waals surface area contributed by atoms with E-state index in [4.69, 9.17) is 9.47 Å². The van der Waals surface area contributed by atoms with Gasteiger partial charge in [-0.1, -0.05) is 15.9 Å². The van der Waals surface area contributed by atoms with Crippen LogP contribution in [0.4, 0.5) is 0 Å². The first-order valence-electron chi connectivity index (χ1n) is 6.79. The second kappa shape index (κ2) is 5.40. The topological polar surface area (TPSA) is 52.6 Å². The summed E-state index contributed by atoms with van der Waals surface area (Å²) in [7, 11) is -3.26. The standard InChI is InChI=1S/C14H17BrO4S/c15-11-1-3-12(4-2-11)20(16,17)13-5-7-14(8-6-13)18-9-10-19-14/h1-4,13H,5-10H2. The summed E-state index contributed by atoms with van der Waals surface area (Å²) in [6.45, 7) is 1.23. The zero-order chi connectivity index (χ0) is 14.2. The van der Waals surface area contributed by atoms with E-state index in [9.17, 15) is 8.42 Å². The van der Waals surface area contributed by atoms with Crippen LogP contribution in [0.5, 0.6) is 0 Å². The maximum Gasteiger partial charge on any atom is 0.181 e. The highest BCUT2D eigenvalue weighted by Gasteiger charge is 2.43. The van der Waals surface area contributed by atoms with Gasteiger partial charge in [0.2, 0.25) is 0 Å². The quantitative estimate of drug-likeness (QED) is 0.813. The first kappa shape index (κ1) is 14.5. The Bertz CT molecular complexity index is 566. The van der Waals surface area contributed by atoms with Crippen molar-refractivity contribution in [2.75, 3.05) is 13.2 Å². The third kappa shape index (κ3) is 2.66. The Kier molecular flexibility index (Phi) is 3.92. The molecule has 0 unspecified atom stereocenters. The van der Waals surface area contributed by atoms with Crippen molar-refractivity contribution in [1.82, 2.24) is 0 Å². The molecule has 1 aliphatic heterocycles. The molecule has 110 valence electrons. The molecule has 0 bridgehead atoms. The molecule has 2 aliphatic rings. The van der Waals surface area contributed by atoms with Crippen LogP contribution in [0.15, 0.2) is 33.6 Å². The molecular formula is C14H17BrO4S. The van der Waals surface area contributed by atoms with E-state index in [1.54, 1.807) is 24.3 Å². The van der Waals surface area contributed by atoms with Crippen LogP contribution in [0.1, 0.15) is 25.7 Å². The first-order valence-corrected chi connectivity index (χ1v) is 9.13. The number of hydrogen-bond donors (Lipinski definition) is 0. The zero-order valence-corrected chi connectivity index (χ0v) is 13.5. The average molecular weight is 361 g/mol. The van der Waals surface area contributed by atoms with E-state index in [2.05, 4.69) is 15.9 Å². The first-order chi connectivity index (χ1) is 9.52. The molecule has 1 heterocycles. The number of ether oxygens (including phenoxy) is 2. The summed E-state index contributed by atoms with van der Waals surface area (Å²) in [6.07, 6.45) is 2.51. The second-order valence-corrected chi connectivity index (χ2v) is 8.45. The largest absolute Gasteiger partial charge is 0.348 e. The van der Waals surface area contributed by atoms with Crippen LogP contribution in [-0.4, -0.2) is 32.7 Å². The molecule has 1 saturated heterocycles. The highest BCUT2D eigenvalue weighted by molar-refractivity contribution is 9.10. The van der Waals surface area contributed by atoms with Crippen molar-refractivity contribution in [1.29, 1.82) is 0 Å². The molecule has 1 saturated carbocycles. The molecule has 1 aromatic carbocycles. The van der Waals surface area contributed by atoms with Gasteiger partial charge in [0.15, 0.2) is 15.6 Å². The van der Waals surface area contributed by atoms with Crippen molar-refractivity contribution >= 4 is 25.8 Å². The van der Waals surface area contributed by atoms with Gasteiger partial charge in [0.25, 0.3) is 0 Å². The lowest BCUT2D eigenvalue weighted by molar-refractivity contribution is -0.176. The molecule has 0 radical (unpaired) electrons. The van der Waals surface area contributed by atoms with E-state index in [0.717, 1.165) is 4.47 Å². The number of hydrogen-bond acceptors (Lipinski definition) is 4. The Morgan fingerprint density at radius 3 is 2.15 bits per heavy atom. The molecule has 2 fully saturated rings. The summed E-state index contributed by atoms with van der Waals surface area (Å²) in [4.78, 5) is 0.398. The summed E-state index contributed by atoms with van der Waals surface area (Å²) < 4.78 is 37.4. The van der Waals surface area contributed by atoms with Crippen LogP contribution in [0.2, 0.25) is 0 Å². The maximum absolute atomic E-state index is 12.6. The second-order valence-electron chi connectivity index (χ2n) is 5.31. The van der Waals surface area contributed by atoms with Gasteiger partial charge < -0.3 is 9.47 Å². The van der Waals surface area contributed by atoms with Gasteiger partial charge in [-0.15, -0.1) is 0 Å². The van der Waals surface area contributed by atoms with Gasteiger partial charge in [0.1, 0.15) is 0 Å². The van der Waals surface area contributed by atoms with Crippen LogP contribution in [-0.2, 0) is 19.3 Å². The van der Waals surface area contributed by atoms with Crippen molar-refractivity contribution in [3.8, 4) is 0 Å². The molecule has 1 aromatic rings. The molecule has 0 atom stereocenters. The van der Waals surface area contributed by atoms with Gasteiger partial charge in [0, 0.05) is 17.3 Å². The third-order valence-corrected chi connectivity index (χ3v) is 6.90. The van der Waals surface area contributed by atoms with Gasteiger partial charge >= 0.3 is 0 Å². The summed E-state index contributed by atoms with van der Waals surface area (Å²) in [5, 5.41) is -0.331. The van der Waals surface area contributed by atoms with Crippen LogP contribution >= 0.6 is 15.9 Å². The lowest BCUT2D eigenvalue weighted by Gasteiger charge is -2.35. The molecule has 1 aliphatic carbocycles. The fourth-order valence-electron chi connectivity index (χ4n) is 2.94. The average Bonchev–Trinajstić information content (AvgIpc) is 2.88. The van der Waals surface area contributed by atoms with Crippen molar-refractivity contribution in [2.24, 2.45) is 0 Å². The summed E-state index contributed by atoms with van der Waals surface area (Å²) in [5.74, 6) is -0.508. The van der Waals surface area contributed by atoms with Crippen molar-refractivity contribution < 1.29 is 17.9 Å². The molecule has 0 N–H and O–H groups in total. The van der Waals surface area contributed by atoms with Crippen molar-refractivity contribution in [3.05, 3.63) is 28.7 Å². The Balaban J connectivity index is 1.75. The van der Waals surface area contributed by atoms with Gasteiger partial charge in [-0.2, -0.15) is 0 Å². The molecule has 1 spiro atoms. The van der Waals surface area contributed by atoms with Crippen LogP contribution in [0, 0.1) is 0 Å². The van der Waals surface area contributed by atoms with Crippen molar-refractivity contribution in [3.63, 3.8) is 0 Å². The SMILES string of the molecule is O=S(=O)(c1ccc(Br)cc1)C1CCC2(CC1)OCCO2. The van der Waals surface area contributed by atoms with Crippen LogP contribution < -0.4 is 0 Å². The van der Waals surface area contributed by atoms with Gasteiger partial charge in [0.05, 0.1) is 23.4 Å². The summed E-state index contributed by atoms with van der Waals surface area (Å²) in [5.41, 5.74) is 0. The van der Waals surface area contributed by atoms with E-state index in [1.165, 1.54) is 0 Å². The van der Waals surface area contributed by atoms with Gasteiger partial charge in [-0.05, 0) is 37.1 Å². The number of halogens is 1. The highest BCUT2D eigenvalue weighted by atomic mass is 79.9. The fraction of sp³-hybridized carbons (Fsp3) is 0.571. The number of sulfone groups is 1. The Labute approximate surface area is 127 Å². The minimum atomic E-state index is -3.26. The Morgan fingerprint density at radius 1 is 1.05 bits per heavy atom. The number of rotatable bonds is 2. The lowest BCUT2D eigenvalue weighted by Crippen LogP contribution is -2.39. The van der Waals surface area contributed by atoms with Crippen LogP contribution in [0.25, 0.3) is 0 Å². The minimum Gasteiger partial charge on any atom is -0.348 e. The molecule has 3 rings (SSSR count). The molecule has 0 aromatic heterocycles. The van der Waals surface area contributed by atoms with E-state index < -0.39 is 15.6 Å². The smallest absolute Gasteiger partial charge is 0.181 e. The summed E-state index contributed by atoms with van der Waals surface area (Å²) >= 11 is 3.32. The third-order valence-electron chi connectivity index (χ3n) is 4.09. The monoisotopic (exact) mass is 360 g/mol. The highest BCUT2D eigenvalue weighted by Crippen LogP contribution is 2.39. The molecular weight excluding hydrogens is 344 g/mol. The summed E-state index contributed by atoms with van der Waals surface area (Å²) in [6, 6.07) is 6.85. The Morgan fingerprint density at radius 2 is 1.60 bits per heavy atom. The molecule has 4 nitrogen and oxygen atoms in total. The maximum atomic E-state index is 12.6. The van der Waals surface area contributed by atoms with Crippen molar-refractivity contribution in [2.45, 2.75) is 41.6 Å².